The summed E-state index contributed by atoms with van der Waals surface area (Å²) in [6, 6.07) is 5.53. The van der Waals surface area contributed by atoms with E-state index in [2.05, 4.69) is 10.6 Å². The summed E-state index contributed by atoms with van der Waals surface area (Å²) in [5.74, 6) is 0.500. The van der Waals surface area contributed by atoms with E-state index >= 15 is 0 Å². The third kappa shape index (κ3) is 3.44. The summed E-state index contributed by atoms with van der Waals surface area (Å²) in [5, 5.41) is 23.7. The third-order valence-electron chi connectivity index (χ3n) is 2.89. The molecule has 4 N–H and O–H groups in total. The van der Waals surface area contributed by atoms with Crippen molar-refractivity contribution in [1.82, 2.24) is 5.32 Å². The zero-order valence-electron chi connectivity index (χ0n) is 10.7. The standard InChI is InChI=1S/C13H18N2O4/c1-8-13(18)15-11-4-9(2-3-12(11)19-8)5-14-6-10(17)7-16/h2-4,8,10,14,16-17H,5-7H2,1H3,(H,15,18). The van der Waals surface area contributed by atoms with Crippen LogP contribution in [0.3, 0.4) is 0 Å². The summed E-state index contributed by atoms with van der Waals surface area (Å²) >= 11 is 0. The summed E-state index contributed by atoms with van der Waals surface area (Å²) < 4.78 is 5.45. The van der Waals surface area contributed by atoms with Crippen molar-refractivity contribution >= 4 is 11.6 Å². The Morgan fingerprint density at radius 2 is 2.32 bits per heavy atom. The molecule has 1 aliphatic heterocycles. The summed E-state index contributed by atoms with van der Waals surface area (Å²) in [7, 11) is 0. The topological polar surface area (TPSA) is 90.8 Å². The molecule has 1 heterocycles. The van der Waals surface area contributed by atoms with E-state index in [-0.39, 0.29) is 12.5 Å². The van der Waals surface area contributed by atoms with Crippen LogP contribution in [0.4, 0.5) is 5.69 Å². The molecule has 6 nitrogen and oxygen atoms in total. The van der Waals surface area contributed by atoms with Crippen LogP contribution in [-0.2, 0) is 11.3 Å². The highest BCUT2D eigenvalue weighted by molar-refractivity contribution is 5.97. The van der Waals surface area contributed by atoms with Gasteiger partial charge in [-0.25, -0.2) is 0 Å². The van der Waals surface area contributed by atoms with Crippen LogP contribution in [-0.4, -0.2) is 41.5 Å². The summed E-state index contributed by atoms with van der Waals surface area (Å²) in [6.45, 7) is 2.28. The van der Waals surface area contributed by atoms with Crippen molar-refractivity contribution in [3.63, 3.8) is 0 Å². The molecule has 0 spiro atoms. The van der Waals surface area contributed by atoms with Gasteiger partial charge in [-0.3, -0.25) is 4.79 Å². The molecule has 1 aliphatic rings. The Bertz CT molecular complexity index is 464. The highest BCUT2D eigenvalue weighted by atomic mass is 16.5. The quantitative estimate of drug-likeness (QED) is 0.595. The lowest BCUT2D eigenvalue weighted by molar-refractivity contribution is -0.122. The van der Waals surface area contributed by atoms with Gasteiger partial charge in [0, 0.05) is 13.1 Å². The molecule has 0 aliphatic carbocycles. The van der Waals surface area contributed by atoms with Crippen LogP contribution in [0.25, 0.3) is 0 Å². The summed E-state index contributed by atoms with van der Waals surface area (Å²) in [4.78, 5) is 11.5. The van der Waals surface area contributed by atoms with E-state index in [1.165, 1.54) is 0 Å². The number of carbonyl (C=O) groups excluding carboxylic acids is 1. The van der Waals surface area contributed by atoms with Gasteiger partial charge >= 0.3 is 0 Å². The Morgan fingerprint density at radius 1 is 1.53 bits per heavy atom. The Kier molecular flexibility index (Phi) is 4.36. The summed E-state index contributed by atoms with van der Waals surface area (Å²) in [6.07, 6.45) is -1.24. The Labute approximate surface area is 111 Å². The zero-order chi connectivity index (χ0) is 13.8. The smallest absolute Gasteiger partial charge is 0.265 e. The number of aliphatic hydroxyl groups excluding tert-OH is 2. The third-order valence-corrected chi connectivity index (χ3v) is 2.89. The van der Waals surface area contributed by atoms with Gasteiger partial charge in [0.2, 0.25) is 0 Å². The number of benzene rings is 1. The monoisotopic (exact) mass is 266 g/mol. The predicted molar refractivity (Wildman–Crippen MR) is 70.0 cm³/mol. The van der Waals surface area contributed by atoms with E-state index < -0.39 is 12.2 Å². The number of hydrogen-bond acceptors (Lipinski definition) is 5. The number of anilines is 1. The second-order valence-electron chi connectivity index (χ2n) is 4.55. The molecule has 104 valence electrons. The molecule has 1 amide bonds. The lowest BCUT2D eigenvalue weighted by Crippen LogP contribution is -2.34. The number of nitrogens with one attached hydrogen (secondary N) is 2. The Balaban J connectivity index is 1.97. The predicted octanol–water partition coefficient (Wildman–Crippen LogP) is -0.151. The minimum atomic E-state index is -0.762. The highest BCUT2D eigenvalue weighted by Gasteiger charge is 2.23. The van der Waals surface area contributed by atoms with Crippen LogP contribution in [0.2, 0.25) is 0 Å². The number of rotatable bonds is 5. The summed E-state index contributed by atoms with van der Waals surface area (Å²) in [5.41, 5.74) is 1.62. The maximum Gasteiger partial charge on any atom is 0.265 e. The van der Waals surface area contributed by atoms with Crippen molar-refractivity contribution in [3.05, 3.63) is 23.8 Å². The molecule has 6 heteroatoms. The van der Waals surface area contributed by atoms with E-state index in [0.29, 0.717) is 24.5 Å². The van der Waals surface area contributed by atoms with E-state index in [9.17, 15) is 9.90 Å². The molecular weight excluding hydrogens is 248 g/mol. The fourth-order valence-corrected chi connectivity index (χ4v) is 1.81. The van der Waals surface area contributed by atoms with Gasteiger partial charge in [-0.15, -0.1) is 0 Å². The zero-order valence-corrected chi connectivity index (χ0v) is 10.7. The van der Waals surface area contributed by atoms with Crippen molar-refractivity contribution in [2.24, 2.45) is 0 Å². The first-order chi connectivity index (χ1) is 9.10. The van der Waals surface area contributed by atoms with Crippen LogP contribution in [0.15, 0.2) is 18.2 Å². The lowest BCUT2D eigenvalue weighted by Gasteiger charge is -2.23. The molecule has 2 unspecified atom stereocenters. The van der Waals surface area contributed by atoms with Gasteiger partial charge in [0.05, 0.1) is 18.4 Å². The number of ether oxygens (including phenoxy) is 1. The van der Waals surface area contributed by atoms with E-state index in [0.717, 1.165) is 5.56 Å². The molecule has 2 rings (SSSR count). The van der Waals surface area contributed by atoms with Gasteiger partial charge in [0.1, 0.15) is 5.75 Å². The fourth-order valence-electron chi connectivity index (χ4n) is 1.81. The molecule has 1 aromatic carbocycles. The van der Waals surface area contributed by atoms with E-state index in [1.54, 1.807) is 6.92 Å². The molecule has 19 heavy (non-hydrogen) atoms. The average Bonchev–Trinajstić information content (AvgIpc) is 2.40. The van der Waals surface area contributed by atoms with Gasteiger partial charge in [-0.1, -0.05) is 6.07 Å². The lowest BCUT2D eigenvalue weighted by atomic mass is 10.1. The molecule has 0 bridgehead atoms. The SMILES string of the molecule is CC1Oc2ccc(CNCC(O)CO)cc2NC1=O. The Morgan fingerprint density at radius 3 is 3.05 bits per heavy atom. The molecular formula is C13H18N2O4. The maximum absolute atomic E-state index is 11.5. The highest BCUT2D eigenvalue weighted by Crippen LogP contribution is 2.30. The van der Waals surface area contributed by atoms with Gasteiger partial charge in [0.15, 0.2) is 6.10 Å². The van der Waals surface area contributed by atoms with Crippen molar-refractivity contribution in [1.29, 1.82) is 0 Å². The first-order valence-electron chi connectivity index (χ1n) is 6.20. The number of amides is 1. The molecule has 1 aromatic rings. The number of fused-ring (bicyclic) bond motifs is 1. The maximum atomic E-state index is 11.5. The van der Waals surface area contributed by atoms with Crippen molar-refractivity contribution in [2.45, 2.75) is 25.7 Å². The molecule has 0 saturated heterocycles. The normalized spacial score (nSPS) is 19.3. The van der Waals surface area contributed by atoms with Crippen LogP contribution in [0.1, 0.15) is 12.5 Å². The van der Waals surface area contributed by atoms with E-state index in [4.69, 9.17) is 9.84 Å². The van der Waals surface area contributed by atoms with Gasteiger partial charge in [-0.05, 0) is 24.6 Å². The molecule has 0 saturated carbocycles. The van der Waals surface area contributed by atoms with Crippen molar-refractivity contribution in [2.75, 3.05) is 18.5 Å². The second kappa shape index (κ2) is 6.01. The van der Waals surface area contributed by atoms with Crippen LogP contribution in [0, 0.1) is 0 Å². The first kappa shape index (κ1) is 13.8. The van der Waals surface area contributed by atoms with Gasteiger partial charge < -0.3 is 25.6 Å². The molecule has 0 radical (unpaired) electrons. The minimum absolute atomic E-state index is 0.159. The second-order valence-corrected chi connectivity index (χ2v) is 4.55. The van der Waals surface area contributed by atoms with Crippen LogP contribution < -0.4 is 15.4 Å². The average molecular weight is 266 g/mol. The Hall–Kier alpha value is -1.63. The largest absolute Gasteiger partial charge is 0.479 e. The van der Waals surface area contributed by atoms with Crippen LogP contribution in [0.5, 0.6) is 5.75 Å². The van der Waals surface area contributed by atoms with Crippen molar-refractivity contribution < 1.29 is 19.7 Å². The fraction of sp³-hybridized carbons (Fsp3) is 0.462. The first-order valence-corrected chi connectivity index (χ1v) is 6.20. The van der Waals surface area contributed by atoms with Crippen molar-refractivity contribution in [3.8, 4) is 5.75 Å². The minimum Gasteiger partial charge on any atom is -0.479 e. The number of aliphatic hydroxyl groups is 2. The molecule has 0 aromatic heterocycles. The number of carbonyl (C=O) groups is 1. The van der Waals surface area contributed by atoms with Gasteiger partial charge in [-0.2, -0.15) is 0 Å². The molecule has 0 fully saturated rings. The molecule has 2 atom stereocenters. The van der Waals surface area contributed by atoms with Gasteiger partial charge in [0.25, 0.3) is 5.91 Å². The van der Waals surface area contributed by atoms with E-state index in [1.807, 2.05) is 18.2 Å². The van der Waals surface area contributed by atoms with Crippen LogP contribution >= 0.6 is 0 Å². The number of hydrogen-bond donors (Lipinski definition) is 4.